The van der Waals surface area contributed by atoms with Gasteiger partial charge in [-0.15, -0.1) is 0 Å². The molecule has 0 aliphatic heterocycles. The van der Waals surface area contributed by atoms with Crippen LogP contribution in [0.3, 0.4) is 0 Å². The van der Waals surface area contributed by atoms with Gasteiger partial charge in [-0.1, -0.05) is 48.6 Å². The molecule has 0 aliphatic carbocycles. The SMILES string of the molecule is COc1cc(/C=C/c2ccc(/C=C/c3ccc([N+](=O)[O-])cc3)cc2)cc(OC)c1. The molecule has 5 nitrogen and oxygen atoms in total. The first-order chi connectivity index (χ1) is 14.1. The Bertz CT molecular complexity index is 1010. The van der Waals surface area contributed by atoms with Gasteiger partial charge in [0.15, 0.2) is 0 Å². The van der Waals surface area contributed by atoms with Crippen LogP contribution >= 0.6 is 0 Å². The van der Waals surface area contributed by atoms with Crippen LogP contribution in [0.15, 0.2) is 66.7 Å². The van der Waals surface area contributed by atoms with Crippen LogP contribution in [0.2, 0.25) is 0 Å². The highest BCUT2D eigenvalue weighted by Crippen LogP contribution is 2.24. The predicted octanol–water partition coefficient (Wildman–Crippen LogP) is 5.95. The molecule has 0 atom stereocenters. The third kappa shape index (κ3) is 5.56. The normalized spacial score (nSPS) is 11.1. The Morgan fingerprint density at radius 1 is 0.655 bits per heavy atom. The molecule has 0 aliphatic rings. The highest BCUT2D eigenvalue weighted by molar-refractivity contribution is 5.73. The first kappa shape index (κ1) is 19.9. The molecule has 146 valence electrons. The van der Waals surface area contributed by atoms with Crippen molar-refractivity contribution in [2.45, 2.75) is 0 Å². The summed E-state index contributed by atoms with van der Waals surface area (Å²) in [5.41, 5.74) is 4.10. The smallest absolute Gasteiger partial charge is 0.269 e. The molecule has 0 amide bonds. The molecule has 5 heteroatoms. The minimum atomic E-state index is -0.401. The first-order valence-electron chi connectivity index (χ1n) is 9.01. The number of non-ortho nitro benzene ring substituents is 1. The fourth-order valence-electron chi connectivity index (χ4n) is 2.74. The van der Waals surface area contributed by atoms with Gasteiger partial charge in [-0.2, -0.15) is 0 Å². The second kappa shape index (κ2) is 9.37. The van der Waals surface area contributed by atoms with Crippen LogP contribution in [-0.2, 0) is 0 Å². The molecule has 0 saturated carbocycles. The van der Waals surface area contributed by atoms with E-state index in [-0.39, 0.29) is 5.69 Å². The van der Waals surface area contributed by atoms with Crippen molar-refractivity contribution in [3.8, 4) is 11.5 Å². The van der Waals surface area contributed by atoms with Crippen LogP contribution in [-0.4, -0.2) is 19.1 Å². The van der Waals surface area contributed by atoms with Gasteiger partial charge in [-0.25, -0.2) is 0 Å². The first-order valence-corrected chi connectivity index (χ1v) is 9.01. The Kier molecular flexibility index (Phi) is 6.43. The van der Waals surface area contributed by atoms with Gasteiger partial charge in [0.1, 0.15) is 11.5 Å². The van der Waals surface area contributed by atoms with Crippen LogP contribution in [0.25, 0.3) is 24.3 Å². The van der Waals surface area contributed by atoms with E-state index in [9.17, 15) is 10.1 Å². The summed E-state index contributed by atoms with van der Waals surface area (Å²) in [6.07, 6.45) is 7.93. The Labute approximate surface area is 169 Å². The quantitative estimate of drug-likeness (QED) is 0.285. The highest BCUT2D eigenvalue weighted by atomic mass is 16.6. The van der Waals surface area contributed by atoms with Gasteiger partial charge in [0.25, 0.3) is 5.69 Å². The maximum Gasteiger partial charge on any atom is 0.269 e. The van der Waals surface area contributed by atoms with Crippen molar-refractivity contribution < 1.29 is 14.4 Å². The lowest BCUT2D eigenvalue weighted by Gasteiger charge is -2.05. The van der Waals surface area contributed by atoms with Crippen LogP contribution in [0.4, 0.5) is 5.69 Å². The van der Waals surface area contributed by atoms with Crippen molar-refractivity contribution in [1.29, 1.82) is 0 Å². The lowest BCUT2D eigenvalue weighted by molar-refractivity contribution is -0.384. The molecule has 0 fully saturated rings. The number of benzene rings is 3. The van der Waals surface area contributed by atoms with E-state index >= 15 is 0 Å². The van der Waals surface area contributed by atoms with Gasteiger partial charge in [-0.3, -0.25) is 10.1 Å². The number of nitro benzene ring substituents is 1. The zero-order valence-corrected chi connectivity index (χ0v) is 16.2. The van der Waals surface area contributed by atoms with E-state index in [1.165, 1.54) is 12.1 Å². The number of methoxy groups -OCH3 is 2. The lowest BCUT2D eigenvalue weighted by atomic mass is 10.1. The molecule has 3 aromatic carbocycles. The summed E-state index contributed by atoms with van der Waals surface area (Å²) in [6.45, 7) is 0. The maximum atomic E-state index is 10.7. The van der Waals surface area contributed by atoms with Gasteiger partial charge in [0.05, 0.1) is 19.1 Å². The zero-order chi connectivity index (χ0) is 20.6. The second-order valence-corrected chi connectivity index (χ2v) is 6.33. The molecular formula is C24H21NO4. The molecule has 0 bridgehead atoms. The predicted molar refractivity (Wildman–Crippen MR) is 117 cm³/mol. The van der Waals surface area contributed by atoms with E-state index in [0.29, 0.717) is 0 Å². The molecule has 3 rings (SSSR count). The van der Waals surface area contributed by atoms with Crippen molar-refractivity contribution in [2.75, 3.05) is 14.2 Å². The van der Waals surface area contributed by atoms with E-state index in [1.807, 2.05) is 66.8 Å². The second-order valence-electron chi connectivity index (χ2n) is 6.33. The molecule has 0 aromatic heterocycles. The summed E-state index contributed by atoms with van der Waals surface area (Å²) in [4.78, 5) is 10.3. The summed E-state index contributed by atoms with van der Waals surface area (Å²) >= 11 is 0. The maximum absolute atomic E-state index is 10.7. The van der Waals surface area contributed by atoms with E-state index in [0.717, 1.165) is 33.8 Å². The summed E-state index contributed by atoms with van der Waals surface area (Å²) in [5.74, 6) is 1.49. The molecule has 3 aromatic rings. The molecule has 0 N–H and O–H groups in total. The minimum Gasteiger partial charge on any atom is -0.497 e. The van der Waals surface area contributed by atoms with Crippen LogP contribution < -0.4 is 9.47 Å². The van der Waals surface area contributed by atoms with Crippen LogP contribution in [0.5, 0.6) is 11.5 Å². The van der Waals surface area contributed by atoms with Gasteiger partial charge in [0, 0.05) is 18.2 Å². The Morgan fingerprint density at radius 3 is 1.41 bits per heavy atom. The van der Waals surface area contributed by atoms with Crippen molar-refractivity contribution in [3.63, 3.8) is 0 Å². The number of ether oxygens (including phenoxy) is 2. The van der Waals surface area contributed by atoms with Crippen LogP contribution in [0, 0.1) is 10.1 Å². The zero-order valence-electron chi connectivity index (χ0n) is 16.2. The Balaban J connectivity index is 1.68. The fourth-order valence-corrected chi connectivity index (χ4v) is 2.74. The Hall–Kier alpha value is -3.86. The molecule has 0 spiro atoms. The van der Waals surface area contributed by atoms with Crippen LogP contribution in [0.1, 0.15) is 22.3 Å². The van der Waals surface area contributed by atoms with Crippen molar-refractivity contribution in [1.82, 2.24) is 0 Å². The van der Waals surface area contributed by atoms with E-state index in [4.69, 9.17) is 9.47 Å². The number of rotatable bonds is 7. The monoisotopic (exact) mass is 387 g/mol. The average molecular weight is 387 g/mol. The van der Waals surface area contributed by atoms with Crippen molar-refractivity contribution in [2.24, 2.45) is 0 Å². The summed E-state index contributed by atoms with van der Waals surface area (Å²) in [5, 5.41) is 10.7. The van der Waals surface area contributed by atoms with Crippen molar-refractivity contribution >= 4 is 30.0 Å². The average Bonchev–Trinajstić information content (AvgIpc) is 2.77. The molecule has 0 saturated heterocycles. The van der Waals surface area contributed by atoms with Gasteiger partial charge >= 0.3 is 0 Å². The van der Waals surface area contributed by atoms with Gasteiger partial charge < -0.3 is 9.47 Å². The number of nitro groups is 1. The molecule has 0 unspecified atom stereocenters. The van der Waals surface area contributed by atoms with E-state index < -0.39 is 4.92 Å². The summed E-state index contributed by atoms with van der Waals surface area (Å²) in [6, 6.07) is 20.3. The van der Waals surface area contributed by atoms with E-state index in [1.54, 1.807) is 26.4 Å². The summed E-state index contributed by atoms with van der Waals surface area (Å²) in [7, 11) is 3.26. The lowest BCUT2D eigenvalue weighted by Crippen LogP contribution is -1.88. The van der Waals surface area contributed by atoms with Gasteiger partial charge in [0.2, 0.25) is 0 Å². The third-order valence-corrected chi connectivity index (χ3v) is 4.35. The minimum absolute atomic E-state index is 0.0898. The largest absolute Gasteiger partial charge is 0.497 e. The Morgan fingerprint density at radius 2 is 1.03 bits per heavy atom. The highest BCUT2D eigenvalue weighted by Gasteiger charge is 2.02. The number of nitrogens with zero attached hydrogens (tertiary/aromatic N) is 1. The third-order valence-electron chi connectivity index (χ3n) is 4.35. The fraction of sp³-hybridized carbons (Fsp3) is 0.0833. The molecule has 0 radical (unpaired) electrons. The van der Waals surface area contributed by atoms with E-state index in [2.05, 4.69) is 0 Å². The molecule has 0 heterocycles. The molecular weight excluding hydrogens is 366 g/mol. The number of hydrogen-bond acceptors (Lipinski definition) is 4. The van der Waals surface area contributed by atoms with Gasteiger partial charge in [-0.05, 0) is 46.5 Å². The number of hydrogen-bond donors (Lipinski definition) is 0. The summed E-state index contributed by atoms with van der Waals surface area (Å²) < 4.78 is 10.6. The topological polar surface area (TPSA) is 61.6 Å². The molecule has 29 heavy (non-hydrogen) atoms. The standard InChI is InChI=1S/C24H21NO4/c1-28-23-15-21(16-24(17-23)29-2)10-9-19-5-3-18(4-6-19)7-8-20-11-13-22(14-12-20)25(26)27/h3-17H,1-2H3/b8-7+,10-9+. The van der Waals surface area contributed by atoms with Crippen molar-refractivity contribution in [3.05, 3.63) is 99.1 Å².